The van der Waals surface area contributed by atoms with Crippen molar-refractivity contribution in [1.29, 1.82) is 0 Å². The van der Waals surface area contributed by atoms with E-state index in [1.165, 1.54) is 12.1 Å². The zero-order chi connectivity index (χ0) is 17.7. The molecule has 0 saturated heterocycles. The third-order valence-corrected chi connectivity index (χ3v) is 5.08. The maximum absolute atomic E-state index is 13.1. The average Bonchev–Trinajstić information content (AvgIpc) is 2.97. The number of halogens is 1. The molecule has 2 atom stereocenters. The summed E-state index contributed by atoms with van der Waals surface area (Å²) in [5.74, 6) is -0.334. The Morgan fingerprint density at radius 1 is 1.20 bits per heavy atom. The van der Waals surface area contributed by atoms with Crippen LogP contribution in [0.3, 0.4) is 0 Å². The summed E-state index contributed by atoms with van der Waals surface area (Å²) in [6, 6.07) is 10.0. The van der Waals surface area contributed by atoms with Crippen LogP contribution in [0.2, 0.25) is 0 Å². The van der Waals surface area contributed by atoms with Gasteiger partial charge in [-0.15, -0.1) is 0 Å². The number of amides is 1. The van der Waals surface area contributed by atoms with Crippen LogP contribution in [0.25, 0.3) is 0 Å². The molecule has 132 valence electrons. The molecule has 0 radical (unpaired) electrons. The molecule has 0 spiro atoms. The van der Waals surface area contributed by atoms with Crippen molar-refractivity contribution < 1.29 is 14.3 Å². The fourth-order valence-electron chi connectivity index (χ4n) is 3.63. The Labute approximate surface area is 147 Å². The second-order valence-corrected chi connectivity index (χ2v) is 6.88. The fourth-order valence-corrected chi connectivity index (χ4v) is 3.63. The molecule has 0 bridgehead atoms. The van der Waals surface area contributed by atoms with Gasteiger partial charge in [-0.05, 0) is 54.7 Å². The minimum Gasteiger partial charge on any atom is -0.392 e. The van der Waals surface area contributed by atoms with E-state index in [0.717, 1.165) is 30.4 Å². The highest BCUT2D eigenvalue weighted by Gasteiger charge is 2.42. The van der Waals surface area contributed by atoms with Crippen molar-refractivity contribution in [1.82, 2.24) is 10.3 Å². The number of carbonyl (C=O) groups excluding carboxylic acids is 1. The molecular formula is C20H23FN2O2. The normalized spacial score (nSPS) is 22.7. The van der Waals surface area contributed by atoms with Gasteiger partial charge in [0.2, 0.25) is 5.91 Å². The third-order valence-electron chi connectivity index (χ3n) is 5.08. The van der Waals surface area contributed by atoms with Crippen molar-refractivity contribution in [3.8, 4) is 0 Å². The molecule has 0 aliphatic heterocycles. The number of aliphatic hydroxyl groups excluding tert-OH is 1. The summed E-state index contributed by atoms with van der Waals surface area (Å²) >= 11 is 0. The van der Waals surface area contributed by atoms with E-state index in [0.29, 0.717) is 19.4 Å². The molecule has 2 N–H and O–H groups in total. The summed E-state index contributed by atoms with van der Waals surface area (Å²) in [7, 11) is 0. The fraction of sp³-hybridized carbons (Fsp3) is 0.400. The molecule has 25 heavy (non-hydrogen) atoms. The number of aliphatic hydroxyl groups is 1. The summed E-state index contributed by atoms with van der Waals surface area (Å²) in [4.78, 5) is 16.2. The van der Waals surface area contributed by atoms with E-state index < -0.39 is 6.10 Å². The third kappa shape index (κ3) is 4.42. The van der Waals surface area contributed by atoms with Gasteiger partial charge in [-0.2, -0.15) is 0 Å². The number of aromatic nitrogens is 1. The van der Waals surface area contributed by atoms with E-state index in [9.17, 15) is 14.3 Å². The zero-order valence-corrected chi connectivity index (χ0v) is 14.1. The lowest BCUT2D eigenvalue weighted by molar-refractivity contribution is -0.121. The highest BCUT2D eigenvalue weighted by molar-refractivity contribution is 5.78. The predicted molar refractivity (Wildman–Crippen MR) is 93.3 cm³/mol. The van der Waals surface area contributed by atoms with Crippen LogP contribution in [0, 0.1) is 11.2 Å². The van der Waals surface area contributed by atoms with E-state index in [1.807, 2.05) is 12.1 Å². The van der Waals surface area contributed by atoms with Gasteiger partial charge in [0.05, 0.1) is 12.5 Å². The number of carbonyl (C=O) groups is 1. The first-order valence-corrected chi connectivity index (χ1v) is 8.65. The van der Waals surface area contributed by atoms with Crippen molar-refractivity contribution in [3.63, 3.8) is 0 Å². The van der Waals surface area contributed by atoms with Gasteiger partial charge in [-0.3, -0.25) is 9.78 Å². The number of rotatable bonds is 6. The molecule has 1 saturated carbocycles. The Morgan fingerprint density at radius 3 is 2.56 bits per heavy atom. The highest BCUT2D eigenvalue weighted by atomic mass is 19.1. The zero-order valence-electron chi connectivity index (χ0n) is 14.1. The minimum atomic E-state index is -0.459. The first kappa shape index (κ1) is 17.5. The van der Waals surface area contributed by atoms with Crippen LogP contribution < -0.4 is 5.32 Å². The van der Waals surface area contributed by atoms with Crippen LogP contribution in [-0.2, 0) is 17.6 Å². The van der Waals surface area contributed by atoms with E-state index in [-0.39, 0.29) is 17.1 Å². The quantitative estimate of drug-likeness (QED) is 0.848. The Hall–Kier alpha value is -2.27. The summed E-state index contributed by atoms with van der Waals surface area (Å²) < 4.78 is 13.1. The summed E-state index contributed by atoms with van der Waals surface area (Å²) in [6.45, 7) is 0.426. The lowest BCUT2D eigenvalue weighted by Gasteiger charge is -2.33. The molecule has 1 aromatic heterocycles. The van der Waals surface area contributed by atoms with E-state index in [2.05, 4.69) is 10.3 Å². The minimum absolute atomic E-state index is 0.0659. The topological polar surface area (TPSA) is 62.2 Å². The Kier molecular flexibility index (Phi) is 5.43. The van der Waals surface area contributed by atoms with Crippen molar-refractivity contribution in [3.05, 3.63) is 65.7 Å². The van der Waals surface area contributed by atoms with Gasteiger partial charge in [0.1, 0.15) is 5.82 Å². The van der Waals surface area contributed by atoms with Crippen molar-refractivity contribution in [2.45, 2.75) is 38.2 Å². The van der Waals surface area contributed by atoms with Gasteiger partial charge in [0.15, 0.2) is 0 Å². The van der Waals surface area contributed by atoms with Crippen LogP contribution in [0.1, 0.15) is 30.4 Å². The van der Waals surface area contributed by atoms with Gasteiger partial charge in [-0.25, -0.2) is 4.39 Å². The largest absolute Gasteiger partial charge is 0.392 e. The maximum Gasteiger partial charge on any atom is 0.224 e. The molecule has 5 heteroatoms. The molecular weight excluding hydrogens is 319 g/mol. The van der Waals surface area contributed by atoms with Crippen LogP contribution in [0.5, 0.6) is 0 Å². The first-order chi connectivity index (χ1) is 12.1. The molecule has 0 unspecified atom stereocenters. The van der Waals surface area contributed by atoms with Crippen molar-refractivity contribution >= 4 is 5.91 Å². The second kappa shape index (κ2) is 7.74. The van der Waals surface area contributed by atoms with Gasteiger partial charge in [0.25, 0.3) is 0 Å². The van der Waals surface area contributed by atoms with Crippen LogP contribution in [-0.4, -0.2) is 28.6 Å². The van der Waals surface area contributed by atoms with E-state index in [4.69, 9.17) is 0 Å². The van der Waals surface area contributed by atoms with Gasteiger partial charge >= 0.3 is 0 Å². The molecule has 1 aliphatic carbocycles. The van der Waals surface area contributed by atoms with Crippen LogP contribution in [0.4, 0.5) is 4.39 Å². The Bertz CT molecular complexity index is 705. The van der Waals surface area contributed by atoms with Crippen LogP contribution >= 0.6 is 0 Å². The second-order valence-electron chi connectivity index (χ2n) is 6.88. The summed E-state index contributed by atoms with van der Waals surface area (Å²) in [6.07, 6.45) is 6.32. The smallest absolute Gasteiger partial charge is 0.224 e. The molecule has 1 amide bonds. The number of nitrogens with zero attached hydrogens (tertiary/aromatic N) is 1. The number of nitrogens with one attached hydrogen (secondary N) is 1. The van der Waals surface area contributed by atoms with E-state index in [1.54, 1.807) is 24.5 Å². The molecule has 1 fully saturated rings. The number of benzene rings is 1. The standard InChI is InChI=1S/C20H23FN2O2/c21-17-5-3-16(4-6-17)13-20(9-1-2-18(20)24)14-23-19(25)12-15-7-10-22-11-8-15/h3-8,10-11,18,24H,1-2,9,12-14H2,(H,23,25)/t18-,20+/m0/s1. The first-order valence-electron chi connectivity index (χ1n) is 8.65. The monoisotopic (exact) mass is 342 g/mol. The maximum atomic E-state index is 13.1. The summed E-state index contributed by atoms with van der Waals surface area (Å²) in [5, 5.41) is 13.5. The number of hydrogen-bond acceptors (Lipinski definition) is 3. The van der Waals surface area contributed by atoms with Crippen molar-refractivity contribution in [2.24, 2.45) is 5.41 Å². The number of pyridine rings is 1. The Balaban J connectivity index is 1.64. The summed E-state index contributed by atoms with van der Waals surface area (Å²) in [5.41, 5.74) is 1.50. The average molecular weight is 342 g/mol. The van der Waals surface area contributed by atoms with E-state index >= 15 is 0 Å². The molecule has 1 aromatic carbocycles. The van der Waals surface area contributed by atoms with Gasteiger partial charge in [-0.1, -0.05) is 18.6 Å². The van der Waals surface area contributed by atoms with Gasteiger partial charge < -0.3 is 10.4 Å². The predicted octanol–water partition coefficient (Wildman–Crippen LogP) is 2.65. The lowest BCUT2D eigenvalue weighted by atomic mass is 9.78. The molecule has 4 nitrogen and oxygen atoms in total. The molecule has 2 aromatic rings. The SMILES string of the molecule is O=C(Cc1ccncc1)NC[C@]1(Cc2ccc(F)cc2)CCC[C@@H]1O. The van der Waals surface area contributed by atoms with Crippen LogP contribution in [0.15, 0.2) is 48.8 Å². The van der Waals surface area contributed by atoms with Crippen molar-refractivity contribution in [2.75, 3.05) is 6.54 Å². The molecule has 3 rings (SSSR count). The molecule has 1 heterocycles. The molecule has 1 aliphatic rings. The lowest BCUT2D eigenvalue weighted by Crippen LogP contribution is -2.44. The highest BCUT2D eigenvalue weighted by Crippen LogP contribution is 2.40. The Morgan fingerprint density at radius 2 is 1.92 bits per heavy atom. The number of hydrogen-bond donors (Lipinski definition) is 2. The van der Waals surface area contributed by atoms with Gasteiger partial charge in [0, 0.05) is 24.4 Å².